The molecule has 0 rings (SSSR count). The Morgan fingerprint density at radius 1 is 0.287 bits per heavy atom. The predicted molar refractivity (Wildman–Crippen MR) is 381 cm³/mol. The van der Waals surface area contributed by atoms with E-state index in [0.29, 0.717) is 25.7 Å². The third-order valence-electron chi connectivity index (χ3n) is 17.5. The van der Waals surface area contributed by atoms with Crippen LogP contribution in [-0.2, 0) is 65.4 Å². The van der Waals surface area contributed by atoms with Crippen LogP contribution in [0.3, 0.4) is 0 Å². The van der Waals surface area contributed by atoms with Gasteiger partial charge in [0.15, 0.2) is 12.2 Å². The molecule has 0 fully saturated rings. The van der Waals surface area contributed by atoms with Crippen LogP contribution >= 0.6 is 15.6 Å². The summed E-state index contributed by atoms with van der Waals surface area (Å²) in [5.41, 5.74) is 0. The number of aliphatic hydroxyl groups excluding tert-OH is 1. The fourth-order valence-corrected chi connectivity index (χ4v) is 13.1. The van der Waals surface area contributed by atoms with E-state index < -0.39 is 97.5 Å². The summed E-state index contributed by atoms with van der Waals surface area (Å²) in [4.78, 5) is 72.6. The zero-order chi connectivity index (χ0) is 69.3. The molecular formula is C75H146O17P2. The Labute approximate surface area is 575 Å². The minimum Gasteiger partial charge on any atom is -0.462 e. The largest absolute Gasteiger partial charge is 0.472 e. The van der Waals surface area contributed by atoms with Gasteiger partial charge in [-0.2, -0.15) is 0 Å². The van der Waals surface area contributed by atoms with Crippen molar-refractivity contribution in [2.75, 3.05) is 39.6 Å². The van der Waals surface area contributed by atoms with Gasteiger partial charge < -0.3 is 33.8 Å². The fraction of sp³-hybridized carbons (Fsp3) is 0.947. The molecule has 0 amide bonds. The molecule has 94 heavy (non-hydrogen) atoms. The number of esters is 4. The Balaban J connectivity index is 5.20. The van der Waals surface area contributed by atoms with E-state index in [-0.39, 0.29) is 25.7 Å². The molecule has 0 saturated carbocycles. The normalized spacial score (nSPS) is 14.0. The monoisotopic (exact) mass is 1380 g/mol. The molecule has 0 bridgehead atoms. The highest BCUT2D eigenvalue weighted by Crippen LogP contribution is 2.45. The summed E-state index contributed by atoms with van der Waals surface area (Å²) < 4.78 is 68.4. The molecule has 0 aliphatic carbocycles. The molecule has 2 unspecified atom stereocenters. The summed E-state index contributed by atoms with van der Waals surface area (Å²) in [7, 11) is -9.90. The van der Waals surface area contributed by atoms with Crippen molar-refractivity contribution in [2.45, 2.75) is 407 Å². The van der Waals surface area contributed by atoms with Crippen molar-refractivity contribution >= 4 is 39.5 Å². The van der Waals surface area contributed by atoms with Crippen molar-refractivity contribution in [3.8, 4) is 0 Å². The quantitative estimate of drug-likeness (QED) is 0.0222. The molecule has 0 aliphatic heterocycles. The molecular weight excluding hydrogens is 1230 g/mol. The molecule has 0 saturated heterocycles. The Morgan fingerprint density at radius 2 is 0.489 bits per heavy atom. The Hall–Kier alpha value is -1.94. The van der Waals surface area contributed by atoms with Gasteiger partial charge in [0, 0.05) is 25.7 Å². The van der Waals surface area contributed by atoms with Crippen LogP contribution in [0.15, 0.2) is 0 Å². The van der Waals surface area contributed by atoms with Gasteiger partial charge in [-0.1, -0.05) is 337 Å². The first kappa shape index (κ1) is 92.1. The molecule has 17 nitrogen and oxygen atoms in total. The third kappa shape index (κ3) is 68.6. The number of carbonyl (C=O) groups excluding carboxylic acids is 4. The first-order chi connectivity index (χ1) is 45.4. The summed E-state index contributed by atoms with van der Waals surface area (Å²) >= 11 is 0. The van der Waals surface area contributed by atoms with Gasteiger partial charge in [-0.3, -0.25) is 37.3 Å². The van der Waals surface area contributed by atoms with Gasteiger partial charge in [0.25, 0.3) is 0 Å². The Kier molecular flexibility index (Phi) is 65.5. The standard InChI is InChI=1S/C75H146O17P2/c1-7-9-11-13-15-17-27-35-41-47-53-59-74(79)91-70(63-85-72(77)57-51-45-39-16-14-12-10-8-2)65-89-93(81,82)87-61-69(76)62-88-94(83,84)90-66-71(64-86-73(78)58-52-46-40-34-30-26-22-24-29-33-38-44-50-56-68(5)6)92-75(80)60-54-48-42-36-31-25-21-19-18-20-23-28-32-37-43-49-55-67(3)4/h67-71,76H,7-66H2,1-6H3,(H,81,82)(H,83,84)/t69-,70+,71+/m0/s1. The Bertz CT molecular complexity index is 1820. The van der Waals surface area contributed by atoms with Gasteiger partial charge in [-0.25, -0.2) is 9.13 Å². The highest BCUT2D eigenvalue weighted by atomic mass is 31.2. The molecule has 19 heteroatoms. The zero-order valence-corrected chi connectivity index (χ0v) is 63.1. The molecule has 558 valence electrons. The second kappa shape index (κ2) is 66.9. The number of phosphoric acid groups is 2. The van der Waals surface area contributed by atoms with Gasteiger partial charge in [-0.15, -0.1) is 0 Å². The minimum atomic E-state index is -4.96. The molecule has 0 aliphatic rings. The smallest absolute Gasteiger partial charge is 0.462 e. The maximum absolute atomic E-state index is 13.1. The number of unbranched alkanes of at least 4 members (excludes halogenated alkanes) is 44. The second-order valence-electron chi connectivity index (χ2n) is 28.0. The third-order valence-corrected chi connectivity index (χ3v) is 19.4. The summed E-state index contributed by atoms with van der Waals surface area (Å²) in [5, 5.41) is 10.6. The van der Waals surface area contributed by atoms with E-state index in [2.05, 4.69) is 41.5 Å². The van der Waals surface area contributed by atoms with E-state index in [1.54, 1.807) is 0 Å². The van der Waals surface area contributed by atoms with E-state index in [0.717, 1.165) is 108 Å². The van der Waals surface area contributed by atoms with Crippen molar-refractivity contribution in [3.05, 3.63) is 0 Å². The van der Waals surface area contributed by atoms with E-state index in [4.69, 9.17) is 37.0 Å². The molecule has 0 heterocycles. The van der Waals surface area contributed by atoms with E-state index >= 15 is 0 Å². The SMILES string of the molecule is CCCCCCCCCCCCCC(=O)O[C@H](COC(=O)CCCCCCCCCC)COP(=O)(O)OC[C@H](O)COP(=O)(O)OC[C@@H](COC(=O)CCCCCCCCCCCCCCCC(C)C)OC(=O)CCCCCCCCCCCCCCCCCCC(C)C. The Morgan fingerprint density at radius 3 is 0.723 bits per heavy atom. The van der Waals surface area contributed by atoms with Crippen LogP contribution in [-0.4, -0.2) is 96.7 Å². The van der Waals surface area contributed by atoms with Gasteiger partial charge in [0.05, 0.1) is 26.4 Å². The number of hydrogen-bond acceptors (Lipinski definition) is 15. The molecule has 3 N–H and O–H groups in total. The van der Waals surface area contributed by atoms with Crippen molar-refractivity contribution in [1.29, 1.82) is 0 Å². The number of carbonyl (C=O) groups is 4. The number of hydrogen-bond donors (Lipinski definition) is 3. The van der Waals surface area contributed by atoms with E-state index in [1.165, 1.54) is 199 Å². The van der Waals surface area contributed by atoms with E-state index in [9.17, 15) is 43.2 Å². The summed E-state index contributed by atoms with van der Waals surface area (Å²) in [6.07, 6.45) is 54.1. The molecule has 0 spiro atoms. The van der Waals surface area contributed by atoms with Crippen LogP contribution in [0.5, 0.6) is 0 Å². The lowest BCUT2D eigenvalue weighted by molar-refractivity contribution is -0.161. The first-order valence-corrected chi connectivity index (χ1v) is 42.0. The fourth-order valence-electron chi connectivity index (χ4n) is 11.5. The lowest BCUT2D eigenvalue weighted by Gasteiger charge is -2.21. The number of phosphoric ester groups is 2. The van der Waals surface area contributed by atoms with Gasteiger partial charge >= 0.3 is 39.5 Å². The van der Waals surface area contributed by atoms with Gasteiger partial charge in [0.2, 0.25) is 0 Å². The highest BCUT2D eigenvalue weighted by molar-refractivity contribution is 7.47. The molecule has 0 aromatic rings. The maximum Gasteiger partial charge on any atom is 0.472 e. The second-order valence-corrected chi connectivity index (χ2v) is 30.9. The molecule has 0 radical (unpaired) electrons. The van der Waals surface area contributed by atoms with Crippen molar-refractivity contribution in [1.82, 2.24) is 0 Å². The predicted octanol–water partition coefficient (Wildman–Crippen LogP) is 21.9. The number of aliphatic hydroxyl groups is 1. The van der Waals surface area contributed by atoms with E-state index in [1.807, 2.05) is 0 Å². The van der Waals surface area contributed by atoms with Crippen LogP contribution in [0.1, 0.15) is 388 Å². The van der Waals surface area contributed by atoms with Crippen LogP contribution < -0.4 is 0 Å². The number of rotatable bonds is 74. The van der Waals surface area contributed by atoms with Crippen LogP contribution in [0, 0.1) is 11.8 Å². The first-order valence-electron chi connectivity index (χ1n) is 39.0. The molecule has 5 atom stereocenters. The average Bonchev–Trinajstić information content (AvgIpc) is 1.44. The van der Waals surface area contributed by atoms with Crippen molar-refractivity contribution in [3.63, 3.8) is 0 Å². The van der Waals surface area contributed by atoms with Crippen LogP contribution in [0.2, 0.25) is 0 Å². The summed E-state index contributed by atoms with van der Waals surface area (Å²) in [5.74, 6) is -0.518. The van der Waals surface area contributed by atoms with Gasteiger partial charge in [-0.05, 0) is 37.5 Å². The molecule has 0 aromatic heterocycles. The van der Waals surface area contributed by atoms with Gasteiger partial charge in [0.1, 0.15) is 19.3 Å². The highest BCUT2D eigenvalue weighted by Gasteiger charge is 2.30. The molecule has 0 aromatic carbocycles. The topological polar surface area (TPSA) is 237 Å². The minimum absolute atomic E-state index is 0.107. The average molecular weight is 1380 g/mol. The van der Waals surface area contributed by atoms with Crippen LogP contribution in [0.25, 0.3) is 0 Å². The summed E-state index contributed by atoms with van der Waals surface area (Å²) in [6.45, 7) is 9.61. The van der Waals surface area contributed by atoms with Crippen molar-refractivity contribution < 1.29 is 80.2 Å². The lowest BCUT2D eigenvalue weighted by Crippen LogP contribution is -2.30. The number of ether oxygens (including phenoxy) is 4. The van der Waals surface area contributed by atoms with Crippen molar-refractivity contribution in [2.24, 2.45) is 11.8 Å². The summed E-state index contributed by atoms with van der Waals surface area (Å²) in [6, 6.07) is 0. The zero-order valence-electron chi connectivity index (χ0n) is 61.3. The maximum atomic E-state index is 13.1. The van der Waals surface area contributed by atoms with Crippen LogP contribution in [0.4, 0.5) is 0 Å². The lowest BCUT2D eigenvalue weighted by atomic mass is 10.0.